The minimum absolute atomic E-state index is 0.0300. The van der Waals surface area contributed by atoms with E-state index in [0.29, 0.717) is 22.6 Å². The van der Waals surface area contributed by atoms with Gasteiger partial charge in [-0.3, -0.25) is 19.7 Å². The molecule has 2 heterocycles. The SMILES string of the molecule is O=C(CCC(=O)c1ccccc1)Nc1n[nH]c(-c2ccc(F)cc2)c1-c1ccncc1. The molecule has 0 atom stereocenters. The zero-order valence-corrected chi connectivity index (χ0v) is 16.5. The average molecular weight is 414 g/mol. The first kappa shape index (κ1) is 20.2. The number of rotatable bonds is 7. The number of aromatic amines is 1. The van der Waals surface area contributed by atoms with Crippen molar-refractivity contribution in [1.29, 1.82) is 0 Å². The number of amides is 1. The molecule has 0 radical (unpaired) electrons. The monoisotopic (exact) mass is 414 g/mol. The number of hydrogen-bond donors (Lipinski definition) is 2. The summed E-state index contributed by atoms with van der Waals surface area (Å²) in [5, 5.41) is 9.98. The Kier molecular flexibility index (Phi) is 5.93. The molecule has 0 unspecified atom stereocenters. The number of anilines is 1. The van der Waals surface area contributed by atoms with Crippen molar-refractivity contribution in [1.82, 2.24) is 15.2 Å². The Labute approximate surface area is 178 Å². The van der Waals surface area contributed by atoms with E-state index in [1.54, 1.807) is 60.9 Å². The number of benzene rings is 2. The number of nitrogens with one attached hydrogen (secondary N) is 2. The minimum Gasteiger partial charge on any atom is -0.309 e. The number of H-pyrrole nitrogens is 1. The molecule has 2 aromatic carbocycles. The third-order valence-electron chi connectivity index (χ3n) is 4.80. The molecule has 0 saturated carbocycles. The van der Waals surface area contributed by atoms with E-state index in [4.69, 9.17) is 0 Å². The summed E-state index contributed by atoms with van der Waals surface area (Å²) < 4.78 is 13.4. The molecule has 4 aromatic rings. The van der Waals surface area contributed by atoms with Crippen molar-refractivity contribution in [3.63, 3.8) is 0 Å². The fourth-order valence-electron chi connectivity index (χ4n) is 3.25. The van der Waals surface area contributed by atoms with Crippen LogP contribution >= 0.6 is 0 Å². The third-order valence-corrected chi connectivity index (χ3v) is 4.80. The Morgan fingerprint density at radius 3 is 2.29 bits per heavy atom. The summed E-state index contributed by atoms with van der Waals surface area (Å²) in [6.07, 6.45) is 3.40. The van der Waals surface area contributed by atoms with Gasteiger partial charge < -0.3 is 5.32 Å². The topological polar surface area (TPSA) is 87.7 Å². The quantitative estimate of drug-likeness (QED) is 0.422. The number of hydrogen-bond acceptors (Lipinski definition) is 4. The molecule has 6 nitrogen and oxygen atoms in total. The standard InChI is InChI=1S/C24H19FN4O2/c25-19-8-6-18(7-9-19)23-22(17-12-14-26-15-13-17)24(29-28-23)27-21(31)11-10-20(30)16-4-2-1-3-5-16/h1-9,12-15H,10-11H2,(H2,27,28,29,31). The molecule has 154 valence electrons. The number of carbonyl (C=O) groups is 2. The molecule has 0 aliphatic carbocycles. The van der Waals surface area contributed by atoms with Gasteiger partial charge in [0.15, 0.2) is 11.6 Å². The molecule has 1 amide bonds. The van der Waals surface area contributed by atoms with Crippen molar-refractivity contribution in [2.45, 2.75) is 12.8 Å². The fourth-order valence-corrected chi connectivity index (χ4v) is 3.25. The van der Waals surface area contributed by atoms with Crippen LogP contribution in [-0.2, 0) is 4.79 Å². The number of aromatic nitrogens is 3. The first-order valence-electron chi connectivity index (χ1n) is 9.74. The van der Waals surface area contributed by atoms with Gasteiger partial charge in [-0.15, -0.1) is 0 Å². The highest BCUT2D eigenvalue weighted by Crippen LogP contribution is 2.36. The van der Waals surface area contributed by atoms with Crippen LogP contribution in [0.3, 0.4) is 0 Å². The van der Waals surface area contributed by atoms with Crippen molar-refractivity contribution in [3.8, 4) is 22.4 Å². The van der Waals surface area contributed by atoms with Crippen LogP contribution in [0.2, 0.25) is 0 Å². The second kappa shape index (κ2) is 9.13. The summed E-state index contributed by atoms with van der Waals surface area (Å²) in [6.45, 7) is 0. The second-order valence-electron chi connectivity index (χ2n) is 6.90. The van der Waals surface area contributed by atoms with Gasteiger partial charge in [-0.2, -0.15) is 5.10 Å². The maximum Gasteiger partial charge on any atom is 0.226 e. The van der Waals surface area contributed by atoms with Crippen molar-refractivity contribution < 1.29 is 14.0 Å². The summed E-state index contributed by atoms with van der Waals surface area (Å²) in [4.78, 5) is 28.8. The number of halogens is 1. The maximum absolute atomic E-state index is 13.4. The molecule has 2 aromatic heterocycles. The van der Waals surface area contributed by atoms with Gasteiger partial charge in [0.25, 0.3) is 0 Å². The van der Waals surface area contributed by atoms with E-state index >= 15 is 0 Å². The first-order chi connectivity index (χ1) is 15.1. The molecule has 0 saturated heterocycles. The molecule has 0 aliphatic rings. The van der Waals surface area contributed by atoms with E-state index in [1.807, 2.05) is 6.07 Å². The number of Topliss-reactive ketones (excluding diaryl/α,β-unsaturated/α-hetero) is 1. The highest BCUT2D eigenvalue weighted by molar-refractivity contribution is 6.01. The van der Waals surface area contributed by atoms with Gasteiger partial charge >= 0.3 is 0 Å². The third kappa shape index (κ3) is 4.72. The normalized spacial score (nSPS) is 10.6. The highest BCUT2D eigenvalue weighted by Gasteiger charge is 2.19. The summed E-state index contributed by atoms with van der Waals surface area (Å²) >= 11 is 0. The Hall–Kier alpha value is -4.13. The van der Waals surface area contributed by atoms with E-state index in [1.165, 1.54) is 12.1 Å². The van der Waals surface area contributed by atoms with Crippen LogP contribution in [0.15, 0.2) is 79.1 Å². The van der Waals surface area contributed by atoms with Crippen molar-refractivity contribution in [3.05, 3.63) is 90.5 Å². The zero-order chi connectivity index (χ0) is 21.6. The average Bonchev–Trinajstić information content (AvgIpc) is 3.22. The lowest BCUT2D eigenvalue weighted by molar-refractivity contribution is -0.116. The molecule has 7 heteroatoms. The number of nitrogens with zero attached hydrogens (tertiary/aromatic N) is 2. The van der Waals surface area contributed by atoms with Gasteiger partial charge in [-0.1, -0.05) is 30.3 Å². The molecule has 2 N–H and O–H groups in total. The number of pyridine rings is 1. The lowest BCUT2D eigenvalue weighted by atomic mass is 10.0. The molecule has 0 bridgehead atoms. The van der Waals surface area contributed by atoms with E-state index < -0.39 is 0 Å². The molecule has 0 aliphatic heterocycles. The van der Waals surface area contributed by atoms with Gasteiger partial charge in [-0.25, -0.2) is 4.39 Å². The van der Waals surface area contributed by atoms with Crippen LogP contribution in [0.25, 0.3) is 22.4 Å². The molecule has 0 spiro atoms. The van der Waals surface area contributed by atoms with Gasteiger partial charge in [-0.05, 0) is 42.0 Å². The highest BCUT2D eigenvalue weighted by atomic mass is 19.1. The minimum atomic E-state index is -0.342. The van der Waals surface area contributed by atoms with Crippen molar-refractivity contribution >= 4 is 17.5 Å². The van der Waals surface area contributed by atoms with E-state index in [2.05, 4.69) is 20.5 Å². The first-order valence-corrected chi connectivity index (χ1v) is 9.74. The zero-order valence-electron chi connectivity index (χ0n) is 16.5. The van der Waals surface area contributed by atoms with Crippen molar-refractivity contribution in [2.75, 3.05) is 5.32 Å². The van der Waals surface area contributed by atoms with Gasteiger partial charge in [0, 0.05) is 36.4 Å². The van der Waals surface area contributed by atoms with Crippen LogP contribution in [0.5, 0.6) is 0 Å². The smallest absolute Gasteiger partial charge is 0.226 e. The van der Waals surface area contributed by atoms with E-state index in [9.17, 15) is 14.0 Å². The summed E-state index contributed by atoms with van der Waals surface area (Å²) in [5.41, 5.74) is 3.39. The lowest BCUT2D eigenvalue weighted by Crippen LogP contribution is -2.14. The number of ketones is 1. The Morgan fingerprint density at radius 1 is 0.871 bits per heavy atom. The second-order valence-corrected chi connectivity index (χ2v) is 6.90. The van der Waals surface area contributed by atoms with Crippen molar-refractivity contribution in [2.24, 2.45) is 0 Å². The van der Waals surface area contributed by atoms with Gasteiger partial charge in [0.05, 0.1) is 11.3 Å². The summed E-state index contributed by atoms with van der Waals surface area (Å²) in [7, 11) is 0. The number of carbonyl (C=O) groups excluding carboxylic acids is 2. The largest absolute Gasteiger partial charge is 0.309 e. The van der Waals surface area contributed by atoms with Gasteiger partial charge in [0.1, 0.15) is 5.82 Å². The molecule has 31 heavy (non-hydrogen) atoms. The van der Waals surface area contributed by atoms with Crippen LogP contribution in [0, 0.1) is 5.82 Å². The summed E-state index contributed by atoms with van der Waals surface area (Å²) in [5.74, 6) is -0.427. The predicted molar refractivity (Wildman–Crippen MR) is 116 cm³/mol. The van der Waals surface area contributed by atoms with Crippen LogP contribution in [0.4, 0.5) is 10.2 Å². The fraction of sp³-hybridized carbons (Fsp3) is 0.0833. The predicted octanol–water partition coefficient (Wildman–Crippen LogP) is 4.88. The molecule has 4 rings (SSSR count). The molecular weight excluding hydrogens is 395 g/mol. The molecular formula is C24H19FN4O2. The Morgan fingerprint density at radius 2 is 1.58 bits per heavy atom. The summed E-state index contributed by atoms with van der Waals surface area (Å²) in [6, 6.07) is 18.5. The Bertz CT molecular complexity index is 1190. The van der Waals surface area contributed by atoms with Gasteiger partial charge in [0.2, 0.25) is 5.91 Å². The van der Waals surface area contributed by atoms with E-state index in [0.717, 1.165) is 11.1 Å². The van der Waals surface area contributed by atoms with Crippen LogP contribution in [0.1, 0.15) is 23.2 Å². The van der Waals surface area contributed by atoms with Crippen LogP contribution in [-0.4, -0.2) is 26.9 Å². The Balaban J connectivity index is 1.56. The maximum atomic E-state index is 13.4. The van der Waals surface area contributed by atoms with E-state index in [-0.39, 0.29) is 30.3 Å². The van der Waals surface area contributed by atoms with Crippen LogP contribution < -0.4 is 5.32 Å². The molecule has 0 fully saturated rings. The lowest BCUT2D eigenvalue weighted by Gasteiger charge is -2.08.